The molecule has 2 aromatic carbocycles. The molecule has 1 aliphatic rings. The first-order chi connectivity index (χ1) is 11.9. The van der Waals surface area contributed by atoms with Crippen LogP contribution in [0, 0.1) is 10.1 Å². The molecule has 0 fully saturated rings. The summed E-state index contributed by atoms with van der Waals surface area (Å²) in [6, 6.07) is 9.55. The first-order valence-corrected chi connectivity index (χ1v) is 7.11. The molecule has 1 atom stereocenters. The zero-order valence-electron chi connectivity index (χ0n) is 12.5. The average Bonchev–Trinajstić information content (AvgIpc) is 2.97. The Morgan fingerprint density at radius 1 is 1.20 bits per heavy atom. The van der Waals surface area contributed by atoms with Crippen LogP contribution in [0.3, 0.4) is 0 Å². The van der Waals surface area contributed by atoms with Gasteiger partial charge in [-0.25, -0.2) is 5.43 Å². The molecule has 1 heterocycles. The number of nitro benzene ring substituents is 1. The number of nitro groups is 1. The number of anilines is 1. The third-order valence-electron chi connectivity index (χ3n) is 3.60. The van der Waals surface area contributed by atoms with Crippen LogP contribution in [0.4, 0.5) is 24.5 Å². The van der Waals surface area contributed by atoms with Gasteiger partial charge in [-0.05, 0) is 6.07 Å². The molecular formula is C15H12F3N5O2. The van der Waals surface area contributed by atoms with Crippen LogP contribution < -0.4 is 16.3 Å². The Bertz CT molecular complexity index is 838. The van der Waals surface area contributed by atoms with Gasteiger partial charge < -0.3 is 5.43 Å². The van der Waals surface area contributed by atoms with Crippen molar-refractivity contribution >= 4 is 17.6 Å². The Morgan fingerprint density at radius 3 is 2.68 bits per heavy atom. The molecule has 0 radical (unpaired) electrons. The molecule has 3 rings (SSSR count). The van der Waals surface area contributed by atoms with Crippen molar-refractivity contribution in [2.45, 2.75) is 12.3 Å². The summed E-state index contributed by atoms with van der Waals surface area (Å²) in [5, 5.41) is 14.8. The topological polar surface area (TPSA) is 91.6 Å². The fourth-order valence-corrected chi connectivity index (χ4v) is 2.46. The Balaban J connectivity index is 1.79. The summed E-state index contributed by atoms with van der Waals surface area (Å²) in [5.41, 5.74) is 7.89. The van der Waals surface area contributed by atoms with Gasteiger partial charge >= 0.3 is 6.18 Å². The first kappa shape index (κ1) is 16.7. The van der Waals surface area contributed by atoms with E-state index >= 15 is 0 Å². The molecule has 10 heteroatoms. The van der Waals surface area contributed by atoms with Crippen LogP contribution in [0.1, 0.15) is 22.9 Å². The van der Waals surface area contributed by atoms with Crippen molar-refractivity contribution in [3.8, 4) is 0 Å². The minimum Gasteiger partial charge on any atom is -0.313 e. The Labute approximate surface area is 139 Å². The number of nitrogens with one attached hydrogen (secondary N) is 3. The first-order valence-electron chi connectivity index (χ1n) is 7.11. The lowest BCUT2D eigenvalue weighted by molar-refractivity contribution is -0.384. The number of hydrogen-bond donors (Lipinski definition) is 3. The number of halogens is 3. The summed E-state index contributed by atoms with van der Waals surface area (Å²) in [7, 11) is 0. The summed E-state index contributed by atoms with van der Waals surface area (Å²) < 4.78 is 38.8. The average molecular weight is 351 g/mol. The van der Waals surface area contributed by atoms with E-state index in [0.717, 1.165) is 12.3 Å². The van der Waals surface area contributed by atoms with E-state index in [4.69, 9.17) is 0 Å². The van der Waals surface area contributed by atoms with Crippen molar-refractivity contribution in [3.05, 3.63) is 69.3 Å². The van der Waals surface area contributed by atoms with E-state index < -0.39 is 22.8 Å². The minimum atomic E-state index is -4.48. The van der Waals surface area contributed by atoms with Crippen molar-refractivity contribution in [2.75, 3.05) is 5.43 Å². The van der Waals surface area contributed by atoms with Gasteiger partial charge in [0.1, 0.15) is 11.9 Å². The molecule has 1 aliphatic heterocycles. The number of fused-ring (bicyclic) bond motifs is 1. The predicted octanol–water partition coefficient (Wildman–Crippen LogP) is 3.17. The Kier molecular flexibility index (Phi) is 4.28. The monoisotopic (exact) mass is 351 g/mol. The molecule has 0 aliphatic carbocycles. The van der Waals surface area contributed by atoms with Gasteiger partial charge in [-0.1, -0.05) is 30.3 Å². The van der Waals surface area contributed by atoms with E-state index in [1.807, 2.05) is 0 Å². The lowest BCUT2D eigenvalue weighted by Gasteiger charge is -2.11. The van der Waals surface area contributed by atoms with E-state index in [1.165, 1.54) is 30.3 Å². The quantitative estimate of drug-likeness (QED) is 0.447. The molecule has 3 N–H and O–H groups in total. The minimum absolute atomic E-state index is 0.0901. The summed E-state index contributed by atoms with van der Waals surface area (Å²) in [6.45, 7) is 0. The number of benzene rings is 2. The number of para-hydroxylation sites is 1. The summed E-state index contributed by atoms with van der Waals surface area (Å²) >= 11 is 0. The van der Waals surface area contributed by atoms with Crippen LogP contribution in [-0.2, 0) is 6.18 Å². The van der Waals surface area contributed by atoms with E-state index in [0.29, 0.717) is 5.56 Å². The molecule has 0 amide bonds. The number of hydrazine groups is 1. The van der Waals surface area contributed by atoms with Crippen LogP contribution in [0.5, 0.6) is 0 Å². The van der Waals surface area contributed by atoms with Gasteiger partial charge in [0, 0.05) is 17.2 Å². The summed E-state index contributed by atoms with van der Waals surface area (Å²) in [5.74, 6) is 0. The van der Waals surface area contributed by atoms with Crippen molar-refractivity contribution in [1.29, 1.82) is 0 Å². The smallest absolute Gasteiger partial charge is 0.313 e. The molecule has 1 unspecified atom stereocenters. The van der Waals surface area contributed by atoms with Gasteiger partial charge in [-0.15, -0.1) is 0 Å². The fraction of sp³-hybridized carbons (Fsp3) is 0.133. The molecule has 0 spiro atoms. The SMILES string of the molecule is O=[N+]([O-])c1cccc2c1NNC2N/N=C/c1ccccc1C(F)(F)F. The molecule has 0 aromatic heterocycles. The second-order valence-electron chi connectivity index (χ2n) is 5.17. The number of alkyl halides is 3. The molecule has 25 heavy (non-hydrogen) atoms. The normalized spacial score (nSPS) is 16.5. The summed E-state index contributed by atoms with van der Waals surface area (Å²) in [4.78, 5) is 10.5. The van der Waals surface area contributed by atoms with Gasteiger partial charge in [-0.3, -0.25) is 15.5 Å². The fourth-order valence-electron chi connectivity index (χ4n) is 2.46. The number of hydrogen-bond acceptors (Lipinski definition) is 6. The van der Waals surface area contributed by atoms with E-state index in [1.54, 1.807) is 6.07 Å². The lowest BCUT2D eigenvalue weighted by atomic mass is 10.1. The molecule has 130 valence electrons. The van der Waals surface area contributed by atoms with Crippen molar-refractivity contribution in [1.82, 2.24) is 10.9 Å². The second kappa shape index (κ2) is 6.40. The Morgan fingerprint density at radius 2 is 1.96 bits per heavy atom. The number of hydrazone groups is 1. The maximum Gasteiger partial charge on any atom is 0.417 e. The molecule has 2 aromatic rings. The van der Waals surface area contributed by atoms with E-state index in [2.05, 4.69) is 21.4 Å². The molecule has 0 saturated heterocycles. The van der Waals surface area contributed by atoms with Gasteiger partial charge in [0.25, 0.3) is 5.69 Å². The third kappa shape index (κ3) is 3.38. The predicted molar refractivity (Wildman–Crippen MR) is 84.8 cm³/mol. The van der Waals surface area contributed by atoms with Gasteiger partial charge in [0.15, 0.2) is 0 Å². The lowest BCUT2D eigenvalue weighted by Crippen LogP contribution is -2.28. The highest BCUT2D eigenvalue weighted by Gasteiger charge is 2.32. The zero-order valence-corrected chi connectivity index (χ0v) is 12.5. The maximum atomic E-state index is 12.9. The van der Waals surface area contributed by atoms with Crippen molar-refractivity contribution in [2.24, 2.45) is 5.10 Å². The summed E-state index contributed by atoms with van der Waals surface area (Å²) in [6.07, 6.45) is -4.05. The largest absolute Gasteiger partial charge is 0.417 e. The Hall–Kier alpha value is -3.14. The molecule has 7 nitrogen and oxygen atoms in total. The highest BCUT2D eigenvalue weighted by Crippen LogP contribution is 2.35. The standard InChI is InChI=1S/C15H12F3N5O2/c16-15(17,18)11-6-2-1-4-9(11)8-19-21-14-10-5-3-7-12(23(24)25)13(10)20-22-14/h1-8,14,20-22H/b19-8+. The highest BCUT2D eigenvalue weighted by molar-refractivity contribution is 5.81. The molecule has 0 bridgehead atoms. The van der Waals surface area contributed by atoms with Gasteiger partial charge in [0.05, 0.1) is 16.7 Å². The van der Waals surface area contributed by atoms with Crippen LogP contribution in [0.2, 0.25) is 0 Å². The van der Waals surface area contributed by atoms with E-state index in [9.17, 15) is 23.3 Å². The van der Waals surface area contributed by atoms with Crippen molar-refractivity contribution in [3.63, 3.8) is 0 Å². The zero-order chi connectivity index (χ0) is 18.0. The number of nitrogens with zero attached hydrogens (tertiary/aromatic N) is 2. The van der Waals surface area contributed by atoms with E-state index in [-0.39, 0.29) is 16.9 Å². The van der Waals surface area contributed by atoms with Crippen molar-refractivity contribution < 1.29 is 18.1 Å². The van der Waals surface area contributed by atoms with Gasteiger partial charge in [0.2, 0.25) is 0 Å². The van der Waals surface area contributed by atoms with Crippen LogP contribution in [-0.4, -0.2) is 11.1 Å². The maximum absolute atomic E-state index is 12.9. The highest BCUT2D eigenvalue weighted by atomic mass is 19.4. The van der Waals surface area contributed by atoms with Gasteiger partial charge in [-0.2, -0.15) is 18.3 Å². The molecule has 0 saturated carbocycles. The molecular weight excluding hydrogens is 339 g/mol. The van der Waals surface area contributed by atoms with Crippen LogP contribution in [0.15, 0.2) is 47.6 Å². The third-order valence-corrected chi connectivity index (χ3v) is 3.60. The van der Waals surface area contributed by atoms with Crippen LogP contribution in [0.25, 0.3) is 0 Å². The number of rotatable bonds is 4. The van der Waals surface area contributed by atoms with Crippen LogP contribution >= 0.6 is 0 Å². The second-order valence-corrected chi connectivity index (χ2v) is 5.17.